The summed E-state index contributed by atoms with van der Waals surface area (Å²) in [7, 11) is 0. The number of rotatable bonds is 6. The molecule has 1 aliphatic heterocycles. The molecule has 5 rings (SSSR count). The minimum absolute atomic E-state index is 0.0897. The van der Waals surface area contributed by atoms with E-state index >= 15 is 0 Å². The fourth-order valence-electron chi connectivity index (χ4n) is 4.51. The average Bonchev–Trinajstić information content (AvgIpc) is 3.12. The van der Waals surface area contributed by atoms with Crippen LogP contribution < -0.4 is 4.74 Å². The number of carbonyl (C=O) groups is 1. The van der Waals surface area contributed by atoms with Crippen LogP contribution in [0.1, 0.15) is 33.7 Å². The first-order valence-corrected chi connectivity index (χ1v) is 11.9. The topological polar surface area (TPSA) is 69.7 Å². The number of carbonyl (C=O) groups excluding carboxylic acids is 1. The van der Waals surface area contributed by atoms with Crippen molar-refractivity contribution in [2.24, 2.45) is 0 Å². The third-order valence-electron chi connectivity index (χ3n) is 6.38. The number of benzene rings is 3. The van der Waals surface area contributed by atoms with E-state index in [4.69, 9.17) is 14.4 Å². The molecule has 0 saturated carbocycles. The Labute approximate surface area is 204 Å². The van der Waals surface area contributed by atoms with E-state index in [0.29, 0.717) is 30.0 Å². The predicted molar refractivity (Wildman–Crippen MR) is 134 cm³/mol. The maximum Gasteiger partial charge on any atom is 0.290 e. The molecule has 1 amide bonds. The fraction of sp³-hybridized carbons (Fsp3) is 0.241. The third-order valence-corrected chi connectivity index (χ3v) is 6.38. The molecular weight excluding hydrogens is 438 g/mol. The zero-order chi connectivity index (χ0) is 24.0. The van der Waals surface area contributed by atoms with E-state index in [1.54, 1.807) is 0 Å². The Morgan fingerprint density at radius 3 is 2.49 bits per heavy atom. The molecule has 4 aromatic rings. The molecule has 1 aliphatic rings. The van der Waals surface area contributed by atoms with Crippen molar-refractivity contribution in [2.75, 3.05) is 26.2 Å². The Hall–Kier alpha value is -4.08. The summed E-state index contributed by atoms with van der Waals surface area (Å²) in [6.07, 6.45) is 0.887. The van der Waals surface area contributed by atoms with Gasteiger partial charge in [0.1, 0.15) is 17.9 Å². The van der Waals surface area contributed by atoms with Crippen LogP contribution in [0.2, 0.25) is 0 Å². The molecule has 3 aromatic carbocycles. The van der Waals surface area contributed by atoms with E-state index in [1.165, 1.54) is 5.56 Å². The summed E-state index contributed by atoms with van der Waals surface area (Å²) in [4.78, 5) is 17.9. The van der Waals surface area contributed by atoms with Crippen molar-refractivity contribution in [3.05, 3.63) is 101 Å². The van der Waals surface area contributed by atoms with Gasteiger partial charge in [0.05, 0.1) is 11.6 Å². The lowest BCUT2D eigenvalue weighted by molar-refractivity contribution is 0.0728. The number of hydrogen-bond donors (Lipinski definition) is 0. The molecule has 0 aliphatic carbocycles. The normalized spacial score (nSPS) is 14.4. The SMILES string of the molecule is N#Cc1ccc(CN2CCCN(C(=O)c3oc4ccccc4c3COc3ccccc3)CC2)cc1. The van der Waals surface area contributed by atoms with Crippen molar-refractivity contribution in [2.45, 2.75) is 19.6 Å². The number of para-hydroxylation sites is 2. The molecule has 0 unspecified atom stereocenters. The number of ether oxygens (including phenoxy) is 1. The number of amides is 1. The third kappa shape index (κ3) is 5.21. The summed E-state index contributed by atoms with van der Waals surface area (Å²) >= 11 is 0. The van der Waals surface area contributed by atoms with Gasteiger partial charge in [-0.25, -0.2) is 0 Å². The van der Waals surface area contributed by atoms with Gasteiger partial charge in [-0.3, -0.25) is 9.69 Å². The van der Waals surface area contributed by atoms with Gasteiger partial charge in [-0.2, -0.15) is 5.26 Å². The van der Waals surface area contributed by atoms with Crippen molar-refractivity contribution in [1.82, 2.24) is 9.80 Å². The van der Waals surface area contributed by atoms with Crippen LogP contribution in [-0.4, -0.2) is 41.9 Å². The lowest BCUT2D eigenvalue weighted by atomic mass is 10.1. The molecule has 0 bridgehead atoms. The number of nitrogens with zero attached hydrogens (tertiary/aromatic N) is 3. The van der Waals surface area contributed by atoms with E-state index < -0.39 is 0 Å². The molecule has 6 heteroatoms. The van der Waals surface area contributed by atoms with Gasteiger partial charge in [-0.05, 0) is 42.3 Å². The highest BCUT2D eigenvalue weighted by molar-refractivity contribution is 5.99. The zero-order valence-corrected chi connectivity index (χ0v) is 19.5. The number of furan rings is 1. The van der Waals surface area contributed by atoms with Crippen molar-refractivity contribution < 1.29 is 13.9 Å². The second-order valence-corrected chi connectivity index (χ2v) is 8.74. The van der Waals surface area contributed by atoms with Gasteiger partial charge in [0, 0.05) is 43.7 Å². The molecular formula is C29H27N3O3. The highest BCUT2D eigenvalue weighted by atomic mass is 16.5. The molecule has 6 nitrogen and oxygen atoms in total. The van der Waals surface area contributed by atoms with E-state index in [0.717, 1.165) is 42.8 Å². The van der Waals surface area contributed by atoms with Crippen LogP contribution in [0.5, 0.6) is 5.75 Å². The number of nitriles is 1. The summed E-state index contributed by atoms with van der Waals surface area (Å²) in [6.45, 7) is 4.06. The van der Waals surface area contributed by atoms with Crippen LogP contribution >= 0.6 is 0 Å². The quantitative estimate of drug-likeness (QED) is 0.390. The first kappa shape index (κ1) is 22.7. The molecule has 0 spiro atoms. The van der Waals surface area contributed by atoms with Crippen LogP contribution in [0.3, 0.4) is 0 Å². The molecule has 0 atom stereocenters. The van der Waals surface area contributed by atoms with E-state index in [-0.39, 0.29) is 12.5 Å². The summed E-state index contributed by atoms with van der Waals surface area (Å²) in [5.41, 5.74) is 3.31. The Kier molecular flexibility index (Phi) is 6.78. The Morgan fingerprint density at radius 2 is 1.69 bits per heavy atom. The second kappa shape index (κ2) is 10.5. The molecule has 35 heavy (non-hydrogen) atoms. The highest BCUT2D eigenvalue weighted by Crippen LogP contribution is 2.29. The van der Waals surface area contributed by atoms with Gasteiger partial charge < -0.3 is 14.1 Å². The molecule has 2 heterocycles. The second-order valence-electron chi connectivity index (χ2n) is 8.74. The van der Waals surface area contributed by atoms with Gasteiger partial charge in [-0.1, -0.05) is 48.5 Å². The van der Waals surface area contributed by atoms with Crippen molar-refractivity contribution in [3.63, 3.8) is 0 Å². The van der Waals surface area contributed by atoms with Gasteiger partial charge >= 0.3 is 0 Å². The molecule has 1 aromatic heterocycles. The maximum absolute atomic E-state index is 13.6. The molecule has 1 fully saturated rings. The standard InChI is InChI=1S/C29H27N3O3/c30-19-22-11-13-23(14-12-22)20-31-15-6-16-32(18-17-31)29(33)28-26(21-34-24-7-2-1-3-8-24)25-9-4-5-10-27(25)35-28/h1-5,7-14H,6,15-18,20-21H2. The zero-order valence-electron chi connectivity index (χ0n) is 19.5. The lowest BCUT2D eigenvalue weighted by Crippen LogP contribution is -2.35. The monoisotopic (exact) mass is 465 g/mol. The van der Waals surface area contributed by atoms with Crippen LogP contribution in [0, 0.1) is 11.3 Å². The number of fused-ring (bicyclic) bond motifs is 1. The van der Waals surface area contributed by atoms with Gasteiger partial charge in [-0.15, -0.1) is 0 Å². The van der Waals surface area contributed by atoms with Crippen molar-refractivity contribution in [3.8, 4) is 11.8 Å². The van der Waals surface area contributed by atoms with Crippen molar-refractivity contribution >= 4 is 16.9 Å². The largest absolute Gasteiger partial charge is 0.489 e. The minimum Gasteiger partial charge on any atom is -0.489 e. The van der Waals surface area contributed by atoms with E-state index in [9.17, 15) is 4.79 Å². The molecule has 1 saturated heterocycles. The molecule has 0 N–H and O–H groups in total. The van der Waals surface area contributed by atoms with Crippen LogP contribution in [0.4, 0.5) is 0 Å². The Balaban J connectivity index is 1.30. The first-order valence-electron chi connectivity index (χ1n) is 11.9. The Morgan fingerprint density at radius 1 is 0.914 bits per heavy atom. The minimum atomic E-state index is -0.0897. The summed E-state index contributed by atoms with van der Waals surface area (Å²) in [6, 6.07) is 27.2. The van der Waals surface area contributed by atoms with Gasteiger partial charge in [0.15, 0.2) is 5.76 Å². The molecule has 0 radical (unpaired) electrons. The first-order chi connectivity index (χ1) is 17.2. The maximum atomic E-state index is 13.6. The summed E-state index contributed by atoms with van der Waals surface area (Å²) in [5.74, 6) is 1.03. The van der Waals surface area contributed by atoms with E-state index in [1.807, 2.05) is 83.8 Å². The van der Waals surface area contributed by atoms with Gasteiger partial charge in [0.2, 0.25) is 0 Å². The number of hydrogen-bond acceptors (Lipinski definition) is 5. The summed E-state index contributed by atoms with van der Waals surface area (Å²) in [5, 5.41) is 9.91. The Bertz CT molecular complexity index is 1340. The van der Waals surface area contributed by atoms with Crippen LogP contribution in [0.15, 0.2) is 83.3 Å². The molecule has 176 valence electrons. The van der Waals surface area contributed by atoms with Crippen molar-refractivity contribution in [1.29, 1.82) is 5.26 Å². The van der Waals surface area contributed by atoms with Gasteiger partial charge in [0.25, 0.3) is 5.91 Å². The highest BCUT2D eigenvalue weighted by Gasteiger charge is 2.27. The van der Waals surface area contributed by atoms with E-state index in [2.05, 4.69) is 11.0 Å². The fourth-order valence-corrected chi connectivity index (χ4v) is 4.51. The average molecular weight is 466 g/mol. The summed E-state index contributed by atoms with van der Waals surface area (Å²) < 4.78 is 12.1. The van der Waals surface area contributed by atoms with Crippen LogP contribution in [0.25, 0.3) is 11.0 Å². The smallest absolute Gasteiger partial charge is 0.290 e. The lowest BCUT2D eigenvalue weighted by Gasteiger charge is -2.22. The van der Waals surface area contributed by atoms with Crippen LogP contribution in [-0.2, 0) is 13.2 Å². The predicted octanol–water partition coefficient (Wildman–Crippen LogP) is 5.23.